The molecule has 1 amide bonds. The fourth-order valence-corrected chi connectivity index (χ4v) is 2.19. The van der Waals surface area contributed by atoms with Crippen LogP contribution in [0.5, 0.6) is 0 Å². The first-order valence-electron chi connectivity index (χ1n) is 5.37. The molecule has 0 aliphatic rings. The normalized spacial score (nSPS) is 9.74. The molecule has 0 saturated heterocycles. The Morgan fingerprint density at radius 2 is 2.00 bits per heavy atom. The number of carbonyl (C=O) groups is 1. The highest BCUT2D eigenvalue weighted by atomic mass is 127. The van der Waals surface area contributed by atoms with Gasteiger partial charge in [-0.25, -0.2) is 4.39 Å². The van der Waals surface area contributed by atoms with Gasteiger partial charge in [0.15, 0.2) is 0 Å². The first-order valence-corrected chi connectivity index (χ1v) is 6.45. The molecule has 0 heterocycles. The lowest BCUT2D eigenvalue weighted by Crippen LogP contribution is -2.14. The summed E-state index contributed by atoms with van der Waals surface area (Å²) in [5, 5.41) is 11.5. The smallest absolute Gasteiger partial charge is 0.256 e. The van der Waals surface area contributed by atoms with Crippen molar-refractivity contribution in [3.8, 4) is 6.07 Å². The van der Waals surface area contributed by atoms with Crippen LogP contribution in [-0.4, -0.2) is 5.91 Å². The van der Waals surface area contributed by atoms with Crippen LogP contribution in [-0.2, 0) is 0 Å². The molecule has 2 aromatic carbocycles. The summed E-state index contributed by atoms with van der Waals surface area (Å²) in [5.41, 5.74) is 0.907. The van der Waals surface area contributed by atoms with Crippen molar-refractivity contribution in [3.63, 3.8) is 0 Å². The maximum absolute atomic E-state index is 13.0. The summed E-state index contributed by atoms with van der Waals surface area (Å²) in [4.78, 5) is 12.1. The van der Waals surface area contributed by atoms with Crippen molar-refractivity contribution in [2.45, 2.75) is 0 Å². The zero-order chi connectivity index (χ0) is 13.8. The quantitative estimate of drug-likeness (QED) is 0.827. The Bertz CT molecular complexity index is 679. The number of carbonyl (C=O) groups excluding carboxylic acids is 1. The van der Waals surface area contributed by atoms with Crippen molar-refractivity contribution in [2.75, 3.05) is 5.32 Å². The molecule has 0 bridgehead atoms. The number of halogens is 2. The third-order valence-corrected chi connectivity index (χ3v) is 3.41. The fourth-order valence-electron chi connectivity index (χ4n) is 1.55. The molecular weight excluding hydrogens is 358 g/mol. The number of nitrogens with zero attached hydrogens (tertiary/aromatic N) is 1. The van der Waals surface area contributed by atoms with E-state index in [1.807, 2.05) is 18.2 Å². The van der Waals surface area contributed by atoms with Gasteiger partial charge in [-0.15, -0.1) is 0 Å². The summed E-state index contributed by atoms with van der Waals surface area (Å²) in [6.45, 7) is 0. The van der Waals surface area contributed by atoms with E-state index >= 15 is 0 Å². The van der Waals surface area contributed by atoms with Crippen LogP contribution in [0.25, 0.3) is 0 Å². The van der Waals surface area contributed by atoms with Crippen molar-refractivity contribution in [1.82, 2.24) is 0 Å². The molecule has 0 aliphatic heterocycles. The first kappa shape index (κ1) is 13.5. The van der Waals surface area contributed by atoms with Crippen LogP contribution in [0, 0.1) is 20.7 Å². The van der Waals surface area contributed by atoms with Crippen molar-refractivity contribution in [2.24, 2.45) is 0 Å². The summed E-state index contributed by atoms with van der Waals surface area (Å²) in [6.07, 6.45) is 0. The van der Waals surface area contributed by atoms with Crippen LogP contribution < -0.4 is 5.32 Å². The van der Waals surface area contributed by atoms with Gasteiger partial charge in [0.05, 0.1) is 16.8 Å². The van der Waals surface area contributed by atoms with Crippen molar-refractivity contribution in [1.29, 1.82) is 5.26 Å². The maximum atomic E-state index is 13.0. The molecule has 0 aliphatic carbocycles. The van der Waals surface area contributed by atoms with E-state index < -0.39 is 5.82 Å². The number of nitrogens with one attached hydrogen (secondary N) is 1. The molecule has 1 N–H and O–H groups in total. The number of rotatable bonds is 2. The van der Waals surface area contributed by atoms with E-state index in [0.29, 0.717) is 11.3 Å². The lowest BCUT2D eigenvalue weighted by molar-refractivity contribution is 0.102. The van der Waals surface area contributed by atoms with Gasteiger partial charge in [-0.05, 0) is 52.9 Å². The van der Waals surface area contributed by atoms with E-state index in [0.717, 1.165) is 9.64 Å². The molecule has 5 heteroatoms. The predicted molar refractivity (Wildman–Crippen MR) is 78.2 cm³/mol. The number of anilines is 1. The lowest BCUT2D eigenvalue weighted by atomic mass is 10.1. The largest absolute Gasteiger partial charge is 0.321 e. The SMILES string of the molecule is N#Cc1cc(F)ccc1NC(=O)c1ccccc1I. The second-order valence-corrected chi connectivity index (χ2v) is 4.90. The molecule has 0 fully saturated rings. The number of amides is 1. The minimum absolute atomic E-state index is 0.0966. The zero-order valence-electron chi connectivity index (χ0n) is 9.65. The van der Waals surface area contributed by atoms with Crippen LogP contribution in [0.4, 0.5) is 10.1 Å². The van der Waals surface area contributed by atoms with E-state index in [2.05, 4.69) is 27.9 Å². The summed E-state index contributed by atoms with van der Waals surface area (Å²) in [6, 6.07) is 12.6. The Morgan fingerprint density at radius 1 is 1.26 bits per heavy atom. The van der Waals surface area contributed by atoms with E-state index in [9.17, 15) is 9.18 Å². The van der Waals surface area contributed by atoms with E-state index in [4.69, 9.17) is 5.26 Å². The molecule has 2 rings (SSSR count). The molecule has 0 unspecified atom stereocenters. The molecule has 3 nitrogen and oxygen atoms in total. The van der Waals surface area contributed by atoms with E-state index in [-0.39, 0.29) is 11.5 Å². The van der Waals surface area contributed by atoms with Gasteiger partial charge in [0.25, 0.3) is 5.91 Å². The molecule has 0 aromatic heterocycles. The van der Waals surface area contributed by atoms with Crippen LogP contribution in [0.1, 0.15) is 15.9 Å². The summed E-state index contributed by atoms with van der Waals surface area (Å²) >= 11 is 2.06. The minimum atomic E-state index is -0.510. The second kappa shape index (κ2) is 5.80. The molecule has 0 saturated carbocycles. The van der Waals surface area contributed by atoms with Crippen molar-refractivity contribution >= 4 is 34.2 Å². The third-order valence-electron chi connectivity index (χ3n) is 2.47. The van der Waals surface area contributed by atoms with Crippen LogP contribution in [0.2, 0.25) is 0 Å². The molecule has 0 spiro atoms. The van der Waals surface area contributed by atoms with Gasteiger partial charge in [0.2, 0.25) is 0 Å². The Labute approximate surface area is 123 Å². The fraction of sp³-hybridized carbons (Fsp3) is 0. The number of hydrogen-bond donors (Lipinski definition) is 1. The van der Waals surface area contributed by atoms with Gasteiger partial charge in [-0.2, -0.15) is 5.26 Å². The zero-order valence-corrected chi connectivity index (χ0v) is 11.8. The van der Waals surface area contributed by atoms with Crippen LogP contribution >= 0.6 is 22.6 Å². The highest BCUT2D eigenvalue weighted by Crippen LogP contribution is 2.18. The van der Waals surface area contributed by atoms with Crippen LogP contribution in [0.15, 0.2) is 42.5 Å². The Kier molecular flexibility index (Phi) is 4.12. The molecular formula is C14H8FIN2O. The number of hydrogen-bond acceptors (Lipinski definition) is 2. The molecule has 0 radical (unpaired) electrons. The number of nitriles is 1. The standard InChI is InChI=1S/C14H8FIN2O/c15-10-5-6-13(9(7-10)8-17)18-14(19)11-3-1-2-4-12(11)16/h1-7H,(H,18,19). The number of benzene rings is 2. The minimum Gasteiger partial charge on any atom is -0.321 e. The van der Waals surface area contributed by atoms with Crippen LogP contribution in [0.3, 0.4) is 0 Å². The highest BCUT2D eigenvalue weighted by molar-refractivity contribution is 14.1. The average Bonchev–Trinajstić information content (AvgIpc) is 2.41. The Hall–Kier alpha value is -1.94. The monoisotopic (exact) mass is 366 g/mol. The molecule has 0 atom stereocenters. The first-order chi connectivity index (χ1) is 9.11. The van der Waals surface area contributed by atoms with Gasteiger partial charge in [-0.1, -0.05) is 12.1 Å². The van der Waals surface area contributed by atoms with Gasteiger partial charge in [0, 0.05) is 3.57 Å². The summed E-state index contributed by atoms with van der Waals surface area (Å²) in [7, 11) is 0. The molecule has 19 heavy (non-hydrogen) atoms. The Balaban J connectivity index is 2.30. The highest BCUT2D eigenvalue weighted by Gasteiger charge is 2.12. The maximum Gasteiger partial charge on any atom is 0.256 e. The topological polar surface area (TPSA) is 52.9 Å². The second-order valence-electron chi connectivity index (χ2n) is 3.74. The average molecular weight is 366 g/mol. The van der Waals surface area contributed by atoms with Crippen molar-refractivity contribution in [3.05, 3.63) is 63.0 Å². The van der Waals surface area contributed by atoms with E-state index in [1.165, 1.54) is 12.1 Å². The van der Waals surface area contributed by atoms with Crippen molar-refractivity contribution < 1.29 is 9.18 Å². The summed E-state index contributed by atoms with van der Waals surface area (Å²) < 4.78 is 13.8. The molecule has 94 valence electrons. The van der Waals surface area contributed by atoms with Gasteiger partial charge < -0.3 is 5.32 Å². The van der Waals surface area contributed by atoms with Gasteiger partial charge in [-0.3, -0.25) is 4.79 Å². The predicted octanol–water partition coefficient (Wildman–Crippen LogP) is 3.55. The third kappa shape index (κ3) is 3.09. The summed E-state index contributed by atoms with van der Waals surface area (Å²) in [5.74, 6) is -0.836. The van der Waals surface area contributed by atoms with Gasteiger partial charge in [0.1, 0.15) is 11.9 Å². The molecule has 2 aromatic rings. The lowest BCUT2D eigenvalue weighted by Gasteiger charge is -2.08. The van der Waals surface area contributed by atoms with Gasteiger partial charge >= 0.3 is 0 Å². The Morgan fingerprint density at radius 3 is 2.68 bits per heavy atom. The van der Waals surface area contributed by atoms with E-state index in [1.54, 1.807) is 12.1 Å².